The highest BCUT2D eigenvalue weighted by atomic mass is 16.2. The second-order valence-corrected chi connectivity index (χ2v) is 6.03. The van der Waals surface area contributed by atoms with Crippen LogP contribution in [-0.2, 0) is 11.3 Å². The first kappa shape index (κ1) is 16.0. The largest absolute Gasteiger partial charge is 0.323 e. The van der Waals surface area contributed by atoms with Crippen molar-refractivity contribution in [2.45, 2.75) is 26.3 Å². The van der Waals surface area contributed by atoms with Gasteiger partial charge < -0.3 is 10.6 Å². The minimum atomic E-state index is -0.314. The molecule has 1 heterocycles. The Hall–Kier alpha value is -2.89. The molecule has 0 atom stereocenters. The van der Waals surface area contributed by atoms with E-state index in [-0.39, 0.29) is 11.8 Å². The molecule has 1 aromatic heterocycles. The van der Waals surface area contributed by atoms with E-state index < -0.39 is 0 Å². The molecule has 1 aliphatic carbocycles. The molecule has 0 unspecified atom stereocenters. The van der Waals surface area contributed by atoms with Gasteiger partial charge in [-0.2, -0.15) is 5.10 Å². The summed E-state index contributed by atoms with van der Waals surface area (Å²) in [5.41, 5.74) is 1.95. The van der Waals surface area contributed by atoms with Crippen LogP contribution in [0, 0.1) is 12.8 Å². The number of nitrogens with zero attached hydrogens (tertiary/aromatic N) is 2. The minimum absolute atomic E-state index is 0.231. The van der Waals surface area contributed by atoms with E-state index in [9.17, 15) is 9.59 Å². The van der Waals surface area contributed by atoms with E-state index in [4.69, 9.17) is 0 Å². The standard InChI is InChI=1S/C18H20N4O2/c1-3-16(23)20-15-6-4-5-14(9-15)18(24)21-17-12(2)10-19-22(17)11-13-7-8-13/h3-6,9-10,13H,1,7-8,11H2,2H3,(H,20,23)(H,21,24). The van der Waals surface area contributed by atoms with Gasteiger partial charge >= 0.3 is 0 Å². The summed E-state index contributed by atoms with van der Waals surface area (Å²) in [5, 5.41) is 9.92. The summed E-state index contributed by atoms with van der Waals surface area (Å²) >= 11 is 0. The molecular weight excluding hydrogens is 304 g/mol. The average molecular weight is 324 g/mol. The van der Waals surface area contributed by atoms with Crippen molar-refractivity contribution in [3.05, 3.63) is 54.2 Å². The van der Waals surface area contributed by atoms with Crippen molar-refractivity contribution in [2.75, 3.05) is 10.6 Å². The predicted octanol–water partition coefficient (Wildman–Crippen LogP) is 2.98. The third kappa shape index (κ3) is 3.71. The first-order valence-corrected chi connectivity index (χ1v) is 7.94. The Labute approximate surface area is 140 Å². The van der Waals surface area contributed by atoms with Crippen molar-refractivity contribution in [3.8, 4) is 0 Å². The van der Waals surface area contributed by atoms with Crippen LogP contribution in [0.4, 0.5) is 11.5 Å². The Morgan fingerprint density at radius 2 is 2.17 bits per heavy atom. The number of nitrogens with one attached hydrogen (secondary N) is 2. The van der Waals surface area contributed by atoms with E-state index in [0.717, 1.165) is 17.9 Å². The Kier molecular flexibility index (Phi) is 4.46. The zero-order chi connectivity index (χ0) is 17.1. The van der Waals surface area contributed by atoms with Crippen molar-refractivity contribution in [2.24, 2.45) is 5.92 Å². The monoisotopic (exact) mass is 324 g/mol. The lowest BCUT2D eigenvalue weighted by Crippen LogP contribution is -2.17. The van der Waals surface area contributed by atoms with Crippen LogP contribution in [0.5, 0.6) is 0 Å². The summed E-state index contributed by atoms with van der Waals surface area (Å²) in [7, 11) is 0. The summed E-state index contributed by atoms with van der Waals surface area (Å²) < 4.78 is 1.86. The third-order valence-electron chi connectivity index (χ3n) is 3.96. The van der Waals surface area contributed by atoms with E-state index in [2.05, 4.69) is 22.3 Å². The molecule has 1 fully saturated rings. The van der Waals surface area contributed by atoms with E-state index >= 15 is 0 Å². The molecule has 2 amide bonds. The van der Waals surface area contributed by atoms with Crippen LogP contribution < -0.4 is 10.6 Å². The summed E-state index contributed by atoms with van der Waals surface area (Å²) in [6.07, 6.45) is 5.39. The maximum absolute atomic E-state index is 12.5. The highest BCUT2D eigenvalue weighted by Crippen LogP contribution is 2.32. The fourth-order valence-electron chi connectivity index (χ4n) is 2.44. The molecule has 0 radical (unpaired) electrons. The first-order valence-electron chi connectivity index (χ1n) is 7.94. The zero-order valence-corrected chi connectivity index (χ0v) is 13.6. The molecule has 0 spiro atoms. The van der Waals surface area contributed by atoms with Gasteiger partial charge in [-0.15, -0.1) is 0 Å². The normalized spacial score (nSPS) is 13.4. The van der Waals surface area contributed by atoms with Crippen LogP contribution in [0.3, 0.4) is 0 Å². The first-order chi connectivity index (χ1) is 11.6. The van der Waals surface area contributed by atoms with Gasteiger partial charge in [0.05, 0.1) is 6.20 Å². The number of benzene rings is 1. The van der Waals surface area contributed by atoms with Gasteiger partial charge in [0, 0.05) is 23.4 Å². The summed E-state index contributed by atoms with van der Waals surface area (Å²) in [6.45, 7) is 6.17. The van der Waals surface area contributed by atoms with E-state index in [1.165, 1.54) is 18.9 Å². The predicted molar refractivity (Wildman–Crippen MR) is 92.9 cm³/mol. The fourth-order valence-corrected chi connectivity index (χ4v) is 2.44. The van der Waals surface area contributed by atoms with Gasteiger partial charge in [-0.1, -0.05) is 12.6 Å². The number of carbonyl (C=O) groups excluding carboxylic acids is 2. The number of aromatic nitrogens is 2. The molecule has 24 heavy (non-hydrogen) atoms. The molecule has 1 aromatic carbocycles. The number of rotatable bonds is 6. The number of amides is 2. The average Bonchev–Trinajstić information content (AvgIpc) is 3.34. The molecule has 6 nitrogen and oxygen atoms in total. The summed E-state index contributed by atoms with van der Waals surface area (Å²) in [4.78, 5) is 23.9. The number of hydrogen-bond donors (Lipinski definition) is 2. The molecule has 2 aromatic rings. The fraction of sp³-hybridized carbons (Fsp3) is 0.278. The lowest BCUT2D eigenvalue weighted by molar-refractivity contribution is -0.111. The van der Waals surface area contributed by atoms with Crippen LogP contribution >= 0.6 is 0 Å². The molecule has 124 valence electrons. The van der Waals surface area contributed by atoms with Gasteiger partial charge in [0.15, 0.2) is 0 Å². The highest BCUT2D eigenvalue weighted by molar-refractivity contribution is 6.05. The van der Waals surface area contributed by atoms with Crippen LogP contribution in [-0.4, -0.2) is 21.6 Å². The van der Waals surface area contributed by atoms with Gasteiger partial charge in [-0.25, -0.2) is 4.68 Å². The topological polar surface area (TPSA) is 76.0 Å². The smallest absolute Gasteiger partial charge is 0.256 e. The molecule has 3 rings (SSSR count). The Bertz CT molecular complexity index is 790. The maximum atomic E-state index is 12.5. The molecule has 1 aliphatic rings. The zero-order valence-electron chi connectivity index (χ0n) is 13.6. The van der Waals surface area contributed by atoms with Gasteiger partial charge in [-0.3, -0.25) is 9.59 Å². The van der Waals surface area contributed by atoms with Gasteiger partial charge in [0.1, 0.15) is 5.82 Å². The second kappa shape index (κ2) is 6.70. The van der Waals surface area contributed by atoms with Gasteiger partial charge in [0.2, 0.25) is 5.91 Å². The molecule has 2 N–H and O–H groups in total. The van der Waals surface area contributed by atoms with E-state index in [1.807, 2.05) is 11.6 Å². The van der Waals surface area contributed by atoms with Crippen LogP contribution in [0.15, 0.2) is 43.1 Å². The number of anilines is 2. The minimum Gasteiger partial charge on any atom is -0.323 e. The molecule has 1 saturated carbocycles. The van der Waals surface area contributed by atoms with Crippen molar-refractivity contribution in [1.29, 1.82) is 0 Å². The molecular formula is C18H20N4O2. The Balaban J connectivity index is 1.75. The number of hydrogen-bond acceptors (Lipinski definition) is 3. The molecule has 6 heteroatoms. The van der Waals surface area contributed by atoms with Gasteiger partial charge in [0.25, 0.3) is 5.91 Å². The maximum Gasteiger partial charge on any atom is 0.256 e. The Morgan fingerprint density at radius 3 is 2.88 bits per heavy atom. The summed E-state index contributed by atoms with van der Waals surface area (Å²) in [6, 6.07) is 6.78. The second-order valence-electron chi connectivity index (χ2n) is 6.03. The quantitative estimate of drug-likeness (QED) is 0.802. The van der Waals surface area contributed by atoms with E-state index in [0.29, 0.717) is 17.2 Å². The highest BCUT2D eigenvalue weighted by Gasteiger charge is 2.24. The third-order valence-corrected chi connectivity index (χ3v) is 3.96. The van der Waals surface area contributed by atoms with Gasteiger partial charge in [-0.05, 0) is 50.0 Å². The Morgan fingerprint density at radius 1 is 1.38 bits per heavy atom. The number of carbonyl (C=O) groups is 2. The molecule has 0 saturated heterocycles. The van der Waals surface area contributed by atoms with E-state index in [1.54, 1.807) is 30.5 Å². The van der Waals surface area contributed by atoms with Crippen molar-refractivity contribution in [1.82, 2.24) is 9.78 Å². The van der Waals surface area contributed by atoms with Crippen molar-refractivity contribution >= 4 is 23.3 Å². The lowest BCUT2D eigenvalue weighted by Gasteiger charge is -2.11. The van der Waals surface area contributed by atoms with Crippen LogP contribution in [0.25, 0.3) is 0 Å². The molecule has 0 bridgehead atoms. The van der Waals surface area contributed by atoms with Crippen LogP contribution in [0.1, 0.15) is 28.8 Å². The van der Waals surface area contributed by atoms with Crippen molar-refractivity contribution in [3.63, 3.8) is 0 Å². The molecule has 0 aliphatic heterocycles. The van der Waals surface area contributed by atoms with Crippen LogP contribution in [0.2, 0.25) is 0 Å². The summed E-state index contributed by atoms with van der Waals surface area (Å²) in [5.74, 6) is 0.848. The van der Waals surface area contributed by atoms with Crippen molar-refractivity contribution < 1.29 is 9.59 Å². The number of aryl methyl sites for hydroxylation is 1. The SMILES string of the molecule is C=CC(=O)Nc1cccc(C(=O)Nc2c(C)cnn2CC2CC2)c1. The lowest BCUT2D eigenvalue weighted by atomic mass is 10.2.